The lowest BCUT2D eigenvalue weighted by Crippen LogP contribution is -2.28. The molecule has 47 heavy (non-hydrogen) atoms. The molecule has 0 saturated carbocycles. The molecule has 1 amide bonds. The van der Waals surface area contributed by atoms with E-state index in [-0.39, 0.29) is 24.5 Å². The van der Waals surface area contributed by atoms with Crippen LogP contribution in [0.3, 0.4) is 0 Å². The second-order valence-electron chi connectivity index (χ2n) is 13.2. The van der Waals surface area contributed by atoms with Gasteiger partial charge in [0.05, 0.1) is 0 Å². The molecule has 1 unspecified atom stereocenters. The zero-order chi connectivity index (χ0) is 34.5. The zero-order valence-electron chi connectivity index (χ0n) is 30.6. The Morgan fingerprint density at radius 1 is 0.574 bits per heavy atom. The number of carbonyl (C=O) groups is 3. The first-order valence-electron chi connectivity index (χ1n) is 19.6. The Labute approximate surface area is 289 Å². The summed E-state index contributed by atoms with van der Waals surface area (Å²) in [4.78, 5) is 34.8. The molecule has 272 valence electrons. The van der Waals surface area contributed by atoms with Crippen LogP contribution in [0.4, 0.5) is 0 Å². The van der Waals surface area contributed by atoms with E-state index in [0.29, 0.717) is 12.8 Å². The van der Waals surface area contributed by atoms with Crippen molar-refractivity contribution >= 4 is 17.8 Å². The number of hydrogen-bond acceptors (Lipinski definition) is 4. The number of carbonyl (C=O) groups excluding carboxylic acids is 2. The Morgan fingerprint density at radius 3 is 1.62 bits per heavy atom. The number of carboxylic acids is 1. The number of rotatable bonds is 35. The van der Waals surface area contributed by atoms with Gasteiger partial charge >= 0.3 is 11.9 Å². The van der Waals surface area contributed by atoms with Crippen molar-refractivity contribution in [3.63, 3.8) is 0 Å². The molecule has 0 heterocycles. The molecule has 6 nitrogen and oxygen atoms in total. The summed E-state index contributed by atoms with van der Waals surface area (Å²) in [7, 11) is 0. The van der Waals surface area contributed by atoms with Crippen molar-refractivity contribution in [2.45, 2.75) is 200 Å². The molecule has 0 bridgehead atoms. The molecule has 0 spiro atoms. The highest BCUT2D eigenvalue weighted by molar-refractivity contribution is 5.80. The molecule has 0 rings (SSSR count). The number of amides is 1. The third-order valence-electron chi connectivity index (χ3n) is 8.52. The van der Waals surface area contributed by atoms with E-state index in [9.17, 15) is 14.4 Å². The monoisotopic (exact) mass is 660 g/mol. The van der Waals surface area contributed by atoms with Crippen LogP contribution in [0.1, 0.15) is 194 Å². The van der Waals surface area contributed by atoms with Crippen LogP contribution in [0.25, 0.3) is 0 Å². The summed E-state index contributed by atoms with van der Waals surface area (Å²) >= 11 is 0. The predicted octanol–water partition coefficient (Wildman–Crippen LogP) is 11.7. The molecular weight excluding hydrogens is 586 g/mol. The van der Waals surface area contributed by atoms with Crippen LogP contribution in [-0.4, -0.2) is 35.6 Å². The van der Waals surface area contributed by atoms with E-state index in [0.717, 1.165) is 77.0 Å². The largest absolute Gasteiger partial charge is 0.480 e. The minimum atomic E-state index is -1.02. The summed E-state index contributed by atoms with van der Waals surface area (Å²) in [6.45, 7) is 4.19. The lowest BCUT2D eigenvalue weighted by atomic mass is 10.0. The van der Waals surface area contributed by atoms with Gasteiger partial charge in [0.15, 0.2) is 0 Å². The Balaban J connectivity index is 4.16. The molecule has 0 aliphatic carbocycles. The normalized spacial score (nSPS) is 12.4. The molecule has 1 atom stereocenters. The van der Waals surface area contributed by atoms with E-state index in [1.165, 1.54) is 89.9 Å². The molecular formula is C41H73NO5. The molecule has 0 aromatic carbocycles. The number of carboxylic acid groups (broad SMARTS) is 1. The van der Waals surface area contributed by atoms with Crippen LogP contribution < -0.4 is 5.32 Å². The number of hydrogen-bond donors (Lipinski definition) is 2. The third kappa shape index (κ3) is 36.3. The highest BCUT2D eigenvalue weighted by atomic mass is 16.5. The fourth-order valence-corrected chi connectivity index (χ4v) is 5.57. The van der Waals surface area contributed by atoms with E-state index in [1.807, 2.05) is 0 Å². The SMILES string of the molecule is CCCCCC/C=C\C/C=C\CCCCCCCC(=O)OC(/C=C\CCCCCCCC)CCCCCCCCC(=O)NCC(=O)O. The zero-order valence-corrected chi connectivity index (χ0v) is 30.6. The van der Waals surface area contributed by atoms with E-state index in [1.54, 1.807) is 0 Å². The lowest BCUT2D eigenvalue weighted by molar-refractivity contribution is -0.147. The standard InChI is InChI=1S/C41H73NO5/c1-3-5-7-9-11-13-14-15-16-17-18-19-20-22-28-32-36-41(46)47-38(33-29-25-21-12-10-8-6-4-2)34-30-26-23-24-27-31-35-39(43)42-37-40(44)45/h13-14,16-17,29,33,38H,3-12,15,18-28,30-32,34-37H2,1-2H3,(H,42,43)(H,44,45)/b14-13-,17-16-,33-29-. The summed E-state index contributed by atoms with van der Waals surface area (Å²) in [6.07, 6.45) is 44.2. The topological polar surface area (TPSA) is 92.7 Å². The third-order valence-corrected chi connectivity index (χ3v) is 8.52. The van der Waals surface area contributed by atoms with Crippen LogP contribution in [-0.2, 0) is 19.1 Å². The first-order chi connectivity index (χ1) is 23.0. The highest BCUT2D eigenvalue weighted by Crippen LogP contribution is 2.16. The second kappa shape index (κ2) is 36.5. The highest BCUT2D eigenvalue weighted by Gasteiger charge is 2.11. The maximum Gasteiger partial charge on any atom is 0.322 e. The van der Waals surface area contributed by atoms with Gasteiger partial charge in [0.1, 0.15) is 12.6 Å². The quantitative estimate of drug-likeness (QED) is 0.0401. The van der Waals surface area contributed by atoms with Gasteiger partial charge in [0.25, 0.3) is 0 Å². The number of nitrogens with one attached hydrogen (secondary N) is 1. The fraction of sp³-hybridized carbons (Fsp3) is 0.780. The Bertz CT molecular complexity index is 819. The van der Waals surface area contributed by atoms with Gasteiger partial charge in [-0.15, -0.1) is 0 Å². The molecule has 0 radical (unpaired) electrons. The van der Waals surface area contributed by atoms with Gasteiger partial charge in [-0.3, -0.25) is 14.4 Å². The second-order valence-corrected chi connectivity index (χ2v) is 13.2. The van der Waals surface area contributed by atoms with Gasteiger partial charge in [-0.1, -0.05) is 141 Å². The average Bonchev–Trinajstić information content (AvgIpc) is 3.05. The van der Waals surface area contributed by atoms with Crippen LogP contribution in [0.2, 0.25) is 0 Å². The van der Waals surface area contributed by atoms with Crippen LogP contribution >= 0.6 is 0 Å². The predicted molar refractivity (Wildman–Crippen MR) is 199 cm³/mol. The van der Waals surface area contributed by atoms with Crippen molar-refractivity contribution in [3.05, 3.63) is 36.5 Å². The molecule has 0 aromatic heterocycles. The van der Waals surface area contributed by atoms with Crippen molar-refractivity contribution in [3.8, 4) is 0 Å². The number of unbranched alkanes of at least 4 members (excludes halogenated alkanes) is 20. The van der Waals surface area contributed by atoms with Gasteiger partial charge in [0.2, 0.25) is 5.91 Å². The molecule has 0 aliphatic rings. The fourth-order valence-electron chi connectivity index (χ4n) is 5.57. The van der Waals surface area contributed by atoms with Gasteiger partial charge in [-0.05, 0) is 76.7 Å². The smallest absolute Gasteiger partial charge is 0.322 e. The Kier molecular flexibility index (Phi) is 34.6. The Morgan fingerprint density at radius 2 is 1.04 bits per heavy atom. The summed E-state index contributed by atoms with van der Waals surface area (Å²) in [5.74, 6) is -1.28. The van der Waals surface area contributed by atoms with Gasteiger partial charge < -0.3 is 15.2 Å². The van der Waals surface area contributed by atoms with E-state index in [2.05, 4.69) is 55.6 Å². The van der Waals surface area contributed by atoms with Crippen LogP contribution in [0.5, 0.6) is 0 Å². The van der Waals surface area contributed by atoms with Crippen molar-refractivity contribution in [2.75, 3.05) is 6.54 Å². The maximum atomic E-state index is 12.6. The molecule has 0 saturated heterocycles. The summed E-state index contributed by atoms with van der Waals surface area (Å²) < 4.78 is 5.92. The van der Waals surface area contributed by atoms with Crippen molar-refractivity contribution < 1.29 is 24.2 Å². The van der Waals surface area contributed by atoms with Crippen molar-refractivity contribution in [2.24, 2.45) is 0 Å². The number of allylic oxidation sites excluding steroid dienone is 5. The average molecular weight is 660 g/mol. The summed E-state index contributed by atoms with van der Waals surface area (Å²) in [5, 5.41) is 11.0. The number of aliphatic carboxylic acids is 1. The van der Waals surface area contributed by atoms with E-state index < -0.39 is 5.97 Å². The van der Waals surface area contributed by atoms with Crippen molar-refractivity contribution in [1.29, 1.82) is 0 Å². The lowest BCUT2D eigenvalue weighted by Gasteiger charge is -2.15. The minimum Gasteiger partial charge on any atom is -0.480 e. The summed E-state index contributed by atoms with van der Waals surface area (Å²) in [5.41, 5.74) is 0. The van der Waals surface area contributed by atoms with Crippen molar-refractivity contribution in [1.82, 2.24) is 5.32 Å². The van der Waals surface area contributed by atoms with E-state index in [4.69, 9.17) is 9.84 Å². The first-order valence-corrected chi connectivity index (χ1v) is 19.6. The molecule has 0 aliphatic heterocycles. The number of esters is 1. The first kappa shape index (κ1) is 44.6. The van der Waals surface area contributed by atoms with Crippen LogP contribution in [0.15, 0.2) is 36.5 Å². The number of ether oxygens (including phenoxy) is 1. The van der Waals surface area contributed by atoms with Crippen LogP contribution in [0, 0.1) is 0 Å². The minimum absolute atomic E-state index is 0.0678. The molecule has 6 heteroatoms. The molecule has 0 aromatic rings. The van der Waals surface area contributed by atoms with E-state index >= 15 is 0 Å². The maximum absolute atomic E-state index is 12.6. The van der Waals surface area contributed by atoms with Gasteiger partial charge in [-0.2, -0.15) is 0 Å². The Hall–Kier alpha value is -2.37. The molecule has 0 fully saturated rings. The molecule has 2 N–H and O–H groups in total. The van der Waals surface area contributed by atoms with Gasteiger partial charge in [0, 0.05) is 12.8 Å². The summed E-state index contributed by atoms with van der Waals surface area (Å²) in [6, 6.07) is 0. The van der Waals surface area contributed by atoms with Gasteiger partial charge in [-0.25, -0.2) is 0 Å².